The zero-order chi connectivity index (χ0) is 12.8. The Bertz CT molecular complexity index is 446. The summed E-state index contributed by atoms with van der Waals surface area (Å²) in [4.78, 5) is 29.4. The van der Waals surface area contributed by atoms with E-state index in [-0.39, 0.29) is 11.5 Å². The molecule has 1 aromatic rings. The average Bonchev–Trinajstić information content (AvgIpc) is 2.31. The van der Waals surface area contributed by atoms with Crippen molar-refractivity contribution in [1.29, 1.82) is 0 Å². The first-order valence-corrected chi connectivity index (χ1v) is 6.41. The van der Waals surface area contributed by atoms with Crippen LogP contribution in [0.1, 0.15) is 20.3 Å². The number of H-pyrrole nitrogens is 1. The number of carbonyl (C=O) groups excluding carboxylic acids is 1. The number of rotatable bonds is 5. The highest BCUT2D eigenvalue weighted by atomic mass is 127. The Kier molecular flexibility index (Phi) is 5.39. The molecule has 94 valence electrons. The van der Waals surface area contributed by atoms with E-state index in [1.807, 2.05) is 29.5 Å². The Morgan fingerprint density at radius 1 is 1.65 bits per heavy atom. The van der Waals surface area contributed by atoms with Crippen LogP contribution >= 0.6 is 22.6 Å². The summed E-state index contributed by atoms with van der Waals surface area (Å²) in [5.41, 5.74) is -0.218. The second-order valence-corrected chi connectivity index (χ2v) is 4.63. The van der Waals surface area contributed by atoms with E-state index in [9.17, 15) is 9.59 Å². The lowest BCUT2D eigenvalue weighted by Gasteiger charge is -2.14. The lowest BCUT2D eigenvalue weighted by molar-refractivity contribution is -0.121. The van der Waals surface area contributed by atoms with Crippen molar-refractivity contribution in [1.82, 2.24) is 15.3 Å². The van der Waals surface area contributed by atoms with Gasteiger partial charge in [-0.05, 0) is 35.9 Å². The number of aromatic nitrogens is 2. The van der Waals surface area contributed by atoms with Crippen molar-refractivity contribution < 1.29 is 4.79 Å². The fourth-order valence-electron chi connectivity index (χ4n) is 1.16. The topological polar surface area (TPSA) is 86.9 Å². The molecule has 1 aromatic heterocycles. The maximum Gasteiger partial charge on any atom is 0.266 e. The number of aromatic amines is 1. The maximum atomic E-state index is 11.6. The molecule has 1 atom stereocenters. The Hall–Kier alpha value is -1.12. The molecule has 0 saturated carbocycles. The molecule has 1 rings (SSSR count). The van der Waals surface area contributed by atoms with Crippen LogP contribution in [-0.4, -0.2) is 28.5 Å². The normalized spacial score (nSPS) is 11.9. The summed E-state index contributed by atoms with van der Waals surface area (Å²) in [6.07, 6.45) is 2.20. The highest BCUT2D eigenvalue weighted by Crippen LogP contribution is 2.09. The molecule has 6 nitrogen and oxygen atoms in total. The van der Waals surface area contributed by atoms with Gasteiger partial charge in [-0.3, -0.25) is 9.59 Å². The Balaban J connectivity index is 2.68. The third kappa shape index (κ3) is 3.99. The molecule has 0 saturated heterocycles. The number of carbonyl (C=O) groups is 1. The monoisotopic (exact) mass is 350 g/mol. The third-order valence-electron chi connectivity index (χ3n) is 2.09. The van der Waals surface area contributed by atoms with Gasteiger partial charge in [0.1, 0.15) is 15.4 Å². The molecule has 0 aliphatic rings. The molecule has 1 amide bonds. The van der Waals surface area contributed by atoms with Gasteiger partial charge in [0.05, 0.1) is 6.33 Å². The number of nitrogens with one attached hydrogen (secondary N) is 3. The predicted octanol–water partition coefficient (Wildman–Crippen LogP) is 0.701. The number of amides is 1. The van der Waals surface area contributed by atoms with E-state index in [1.54, 1.807) is 6.92 Å². The fourth-order valence-corrected chi connectivity index (χ4v) is 1.61. The van der Waals surface area contributed by atoms with Crippen molar-refractivity contribution in [2.45, 2.75) is 26.3 Å². The van der Waals surface area contributed by atoms with Gasteiger partial charge < -0.3 is 15.6 Å². The van der Waals surface area contributed by atoms with Crippen molar-refractivity contribution in [3.8, 4) is 0 Å². The first-order valence-electron chi connectivity index (χ1n) is 5.33. The predicted molar refractivity (Wildman–Crippen MR) is 74.0 cm³/mol. The summed E-state index contributed by atoms with van der Waals surface area (Å²) in [5.74, 6) is 0.318. The Morgan fingerprint density at radius 3 is 3.00 bits per heavy atom. The second-order valence-electron chi connectivity index (χ2n) is 3.55. The number of nitrogens with zero attached hydrogens (tertiary/aromatic N) is 1. The summed E-state index contributed by atoms with van der Waals surface area (Å²) in [7, 11) is 0. The smallest absolute Gasteiger partial charge is 0.266 e. The van der Waals surface area contributed by atoms with Crippen molar-refractivity contribution in [2.24, 2.45) is 0 Å². The van der Waals surface area contributed by atoms with Crippen LogP contribution in [0.25, 0.3) is 0 Å². The van der Waals surface area contributed by atoms with Crippen molar-refractivity contribution in [3.05, 3.63) is 20.3 Å². The summed E-state index contributed by atoms with van der Waals surface area (Å²) in [6.45, 7) is 4.36. The zero-order valence-corrected chi connectivity index (χ0v) is 11.9. The highest BCUT2D eigenvalue weighted by Gasteiger charge is 2.14. The molecule has 7 heteroatoms. The maximum absolute atomic E-state index is 11.6. The number of anilines is 1. The van der Waals surface area contributed by atoms with E-state index in [1.165, 1.54) is 6.33 Å². The Morgan fingerprint density at radius 2 is 2.35 bits per heavy atom. The molecule has 3 N–H and O–H groups in total. The van der Waals surface area contributed by atoms with Crippen LogP contribution in [0.15, 0.2) is 11.1 Å². The van der Waals surface area contributed by atoms with Gasteiger partial charge in [-0.2, -0.15) is 0 Å². The molecule has 17 heavy (non-hydrogen) atoms. The average molecular weight is 350 g/mol. The van der Waals surface area contributed by atoms with Gasteiger partial charge in [-0.15, -0.1) is 0 Å². The van der Waals surface area contributed by atoms with Crippen molar-refractivity contribution in [3.63, 3.8) is 0 Å². The quantitative estimate of drug-likeness (QED) is 0.683. The lowest BCUT2D eigenvalue weighted by atomic mass is 10.3. The molecule has 0 aliphatic carbocycles. The van der Waals surface area contributed by atoms with Crippen LogP contribution in [0.3, 0.4) is 0 Å². The van der Waals surface area contributed by atoms with E-state index in [0.717, 1.165) is 6.42 Å². The van der Waals surface area contributed by atoms with E-state index >= 15 is 0 Å². The molecular formula is C10H15IN4O2. The van der Waals surface area contributed by atoms with Gasteiger partial charge in [-0.1, -0.05) is 6.92 Å². The first-order chi connectivity index (χ1) is 8.06. The summed E-state index contributed by atoms with van der Waals surface area (Å²) < 4.78 is 0.445. The SMILES string of the molecule is CCCNC(=O)C(C)Nc1nc[nH]c(=O)c1I. The van der Waals surface area contributed by atoms with E-state index < -0.39 is 6.04 Å². The molecule has 0 fully saturated rings. The number of hydrogen-bond acceptors (Lipinski definition) is 4. The van der Waals surface area contributed by atoms with Crippen LogP contribution in [-0.2, 0) is 4.79 Å². The zero-order valence-electron chi connectivity index (χ0n) is 9.71. The van der Waals surface area contributed by atoms with Gasteiger partial charge >= 0.3 is 0 Å². The lowest BCUT2D eigenvalue weighted by Crippen LogP contribution is -2.38. The highest BCUT2D eigenvalue weighted by molar-refractivity contribution is 14.1. The number of halogens is 1. The van der Waals surface area contributed by atoms with Crippen LogP contribution < -0.4 is 16.2 Å². The van der Waals surface area contributed by atoms with Gasteiger partial charge in [0.15, 0.2) is 0 Å². The van der Waals surface area contributed by atoms with Crippen LogP contribution in [0.5, 0.6) is 0 Å². The minimum Gasteiger partial charge on any atom is -0.358 e. The molecule has 0 radical (unpaired) electrons. The Labute approximate surface area is 113 Å². The summed E-state index contributed by atoms with van der Waals surface area (Å²) >= 11 is 1.89. The molecule has 0 aliphatic heterocycles. The third-order valence-corrected chi connectivity index (χ3v) is 3.09. The molecular weight excluding hydrogens is 335 g/mol. The van der Waals surface area contributed by atoms with Crippen molar-refractivity contribution in [2.75, 3.05) is 11.9 Å². The van der Waals surface area contributed by atoms with Gasteiger partial charge in [0.25, 0.3) is 5.56 Å². The minimum absolute atomic E-state index is 0.107. The largest absolute Gasteiger partial charge is 0.358 e. The summed E-state index contributed by atoms with van der Waals surface area (Å²) in [5, 5.41) is 5.68. The fraction of sp³-hybridized carbons (Fsp3) is 0.500. The molecule has 0 bridgehead atoms. The summed E-state index contributed by atoms with van der Waals surface area (Å²) in [6, 6.07) is -0.427. The standard InChI is InChI=1S/C10H15IN4O2/c1-3-4-12-9(16)6(2)15-8-7(11)10(17)14-5-13-8/h5-6H,3-4H2,1-2H3,(H,12,16)(H2,13,14,15,17). The van der Waals surface area contributed by atoms with Crippen LogP contribution in [0.2, 0.25) is 0 Å². The molecule has 0 spiro atoms. The number of hydrogen-bond donors (Lipinski definition) is 3. The minimum atomic E-state index is -0.427. The molecule has 1 heterocycles. The van der Waals surface area contributed by atoms with Gasteiger partial charge in [-0.25, -0.2) is 4.98 Å². The van der Waals surface area contributed by atoms with E-state index in [4.69, 9.17) is 0 Å². The first kappa shape index (κ1) is 13.9. The van der Waals surface area contributed by atoms with Crippen LogP contribution in [0.4, 0.5) is 5.82 Å². The van der Waals surface area contributed by atoms with E-state index in [0.29, 0.717) is 15.9 Å². The van der Waals surface area contributed by atoms with Crippen LogP contribution in [0, 0.1) is 3.57 Å². The van der Waals surface area contributed by atoms with Gasteiger partial charge in [0.2, 0.25) is 5.91 Å². The molecule has 0 aromatic carbocycles. The van der Waals surface area contributed by atoms with Gasteiger partial charge in [0, 0.05) is 6.54 Å². The van der Waals surface area contributed by atoms with Crippen molar-refractivity contribution >= 4 is 34.3 Å². The van der Waals surface area contributed by atoms with E-state index in [2.05, 4.69) is 20.6 Å². The second kappa shape index (κ2) is 6.58. The molecule has 1 unspecified atom stereocenters.